The lowest BCUT2D eigenvalue weighted by Gasteiger charge is -2.00. The molecule has 0 aliphatic carbocycles. The standard InChI is InChI=1S/C18H18N3O/c22-19-15-16-8-13-20(14-9-16)10-4-12-21-11-3-6-17-5-1-2-7-18(17)21/h1-3,5-9,11,13-15H,4,10,12H2/q+1/p+1. The first kappa shape index (κ1) is 14.2. The summed E-state index contributed by atoms with van der Waals surface area (Å²) in [6.07, 6.45) is 8.62. The van der Waals surface area contributed by atoms with E-state index >= 15 is 0 Å². The molecule has 0 atom stereocenters. The fourth-order valence-electron chi connectivity index (χ4n) is 2.61. The van der Waals surface area contributed by atoms with Gasteiger partial charge in [-0.3, -0.25) is 0 Å². The molecule has 0 spiro atoms. The van der Waals surface area contributed by atoms with E-state index in [0.29, 0.717) is 0 Å². The Hall–Kier alpha value is -2.75. The van der Waals surface area contributed by atoms with Crippen molar-refractivity contribution in [2.75, 3.05) is 0 Å². The number of benzene rings is 1. The van der Waals surface area contributed by atoms with Gasteiger partial charge >= 0.3 is 0 Å². The summed E-state index contributed by atoms with van der Waals surface area (Å²) in [6, 6.07) is 16.6. The van der Waals surface area contributed by atoms with Crippen LogP contribution in [0, 0.1) is 0 Å². The molecule has 0 radical (unpaired) electrons. The van der Waals surface area contributed by atoms with Crippen molar-refractivity contribution in [3.8, 4) is 0 Å². The predicted octanol–water partition coefficient (Wildman–Crippen LogP) is 2.31. The average molecular weight is 293 g/mol. The molecule has 2 heterocycles. The summed E-state index contributed by atoms with van der Waals surface area (Å²) in [5.74, 6) is 0. The van der Waals surface area contributed by atoms with E-state index in [1.165, 1.54) is 17.1 Å². The maximum absolute atomic E-state index is 8.50. The van der Waals surface area contributed by atoms with Crippen molar-refractivity contribution in [3.63, 3.8) is 0 Å². The molecular formula is C18H19N3O+2. The van der Waals surface area contributed by atoms with Gasteiger partial charge in [0.1, 0.15) is 0 Å². The molecular weight excluding hydrogens is 274 g/mol. The largest absolute Gasteiger partial charge is 0.411 e. The third-order valence-corrected chi connectivity index (χ3v) is 3.73. The van der Waals surface area contributed by atoms with Crippen LogP contribution in [-0.2, 0) is 13.1 Å². The van der Waals surface area contributed by atoms with Crippen LogP contribution in [-0.4, -0.2) is 11.4 Å². The molecule has 110 valence electrons. The normalized spacial score (nSPS) is 11.3. The molecule has 0 saturated carbocycles. The molecule has 0 bridgehead atoms. The van der Waals surface area contributed by atoms with Gasteiger partial charge in [-0.25, -0.2) is 4.57 Å². The summed E-state index contributed by atoms with van der Waals surface area (Å²) in [5, 5.41) is 12.8. The smallest absolute Gasteiger partial charge is 0.212 e. The summed E-state index contributed by atoms with van der Waals surface area (Å²) in [4.78, 5) is 0. The van der Waals surface area contributed by atoms with Crippen LogP contribution in [0.2, 0.25) is 0 Å². The monoisotopic (exact) mass is 293 g/mol. The van der Waals surface area contributed by atoms with Crippen LogP contribution in [0.1, 0.15) is 12.0 Å². The van der Waals surface area contributed by atoms with E-state index in [1.54, 1.807) is 0 Å². The number of hydrogen-bond acceptors (Lipinski definition) is 2. The van der Waals surface area contributed by atoms with Crippen LogP contribution < -0.4 is 9.13 Å². The number of nitrogens with zero attached hydrogens (tertiary/aromatic N) is 3. The number of pyridine rings is 2. The third-order valence-electron chi connectivity index (χ3n) is 3.73. The first-order valence-corrected chi connectivity index (χ1v) is 7.40. The minimum Gasteiger partial charge on any atom is -0.411 e. The van der Waals surface area contributed by atoms with Crippen molar-refractivity contribution in [1.29, 1.82) is 0 Å². The Bertz CT molecular complexity index is 776. The van der Waals surface area contributed by atoms with Crippen LogP contribution in [0.25, 0.3) is 10.9 Å². The van der Waals surface area contributed by atoms with Crippen molar-refractivity contribution in [2.24, 2.45) is 5.16 Å². The highest BCUT2D eigenvalue weighted by molar-refractivity contribution is 5.78. The van der Waals surface area contributed by atoms with E-state index in [1.807, 2.05) is 24.5 Å². The van der Waals surface area contributed by atoms with E-state index in [0.717, 1.165) is 25.1 Å². The molecule has 0 saturated heterocycles. The van der Waals surface area contributed by atoms with Crippen LogP contribution in [0.3, 0.4) is 0 Å². The van der Waals surface area contributed by atoms with Crippen LogP contribution >= 0.6 is 0 Å². The third kappa shape index (κ3) is 3.28. The second-order valence-corrected chi connectivity index (χ2v) is 5.23. The molecule has 0 fully saturated rings. The van der Waals surface area contributed by atoms with Gasteiger partial charge < -0.3 is 5.21 Å². The minimum atomic E-state index is 0.891. The summed E-state index contributed by atoms with van der Waals surface area (Å²) in [7, 11) is 0. The Kier molecular flexibility index (Phi) is 4.39. The number of rotatable bonds is 5. The van der Waals surface area contributed by atoms with Gasteiger partial charge in [0.25, 0.3) is 0 Å². The number of fused-ring (bicyclic) bond motifs is 1. The maximum atomic E-state index is 8.50. The topological polar surface area (TPSA) is 40.4 Å². The Morgan fingerprint density at radius 2 is 1.68 bits per heavy atom. The lowest BCUT2D eigenvalue weighted by atomic mass is 10.2. The fourth-order valence-corrected chi connectivity index (χ4v) is 2.61. The number of aromatic nitrogens is 2. The van der Waals surface area contributed by atoms with Crippen molar-refractivity contribution in [1.82, 2.24) is 0 Å². The van der Waals surface area contributed by atoms with Gasteiger partial charge in [-0.05, 0) is 12.1 Å². The van der Waals surface area contributed by atoms with E-state index in [9.17, 15) is 0 Å². The molecule has 1 aromatic carbocycles. The van der Waals surface area contributed by atoms with E-state index in [2.05, 4.69) is 56.9 Å². The molecule has 0 aliphatic rings. The maximum Gasteiger partial charge on any atom is 0.212 e. The van der Waals surface area contributed by atoms with Crippen LogP contribution in [0.5, 0.6) is 0 Å². The van der Waals surface area contributed by atoms with E-state index in [4.69, 9.17) is 5.21 Å². The lowest BCUT2D eigenvalue weighted by Crippen LogP contribution is -2.39. The second-order valence-electron chi connectivity index (χ2n) is 5.23. The number of aryl methyl sites for hydroxylation is 2. The Balaban J connectivity index is 1.65. The van der Waals surface area contributed by atoms with Crippen LogP contribution in [0.15, 0.2) is 72.3 Å². The Morgan fingerprint density at radius 1 is 0.909 bits per heavy atom. The molecule has 4 nitrogen and oxygen atoms in total. The van der Waals surface area contributed by atoms with Gasteiger partial charge in [0.2, 0.25) is 5.52 Å². The highest BCUT2D eigenvalue weighted by Gasteiger charge is 2.08. The molecule has 1 N–H and O–H groups in total. The number of oxime groups is 1. The average Bonchev–Trinajstić information content (AvgIpc) is 2.57. The van der Waals surface area contributed by atoms with Crippen molar-refractivity contribution in [3.05, 3.63) is 72.7 Å². The fraction of sp³-hybridized carbons (Fsp3) is 0.167. The molecule has 0 unspecified atom stereocenters. The van der Waals surface area contributed by atoms with Gasteiger partial charge in [-0.15, -0.1) is 0 Å². The van der Waals surface area contributed by atoms with Gasteiger partial charge in [0.15, 0.2) is 31.7 Å². The highest BCUT2D eigenvalue weighted by Crippen LogP contribution is 2.07. The SMILES string of the molecule is O/N=C/c1cc[n+](CCC[n+]2cccc3ccccc32)cc1. The molecule has 3 rings (SSSR count). The quantitative estimate of drug-likeness (QED) is 0.333. The molecule has 3 aromatic rings. The zero-order chi connectivity index (χ0) is 15.2. The van der Waals surface area contributed by atoms with Crippen molar-refractivity contribution >= 4 is 17.1 Å². The Morgan fingerprint density at radius 3 is 2.50 bits per heavy atom. The van der Waals surface area contributed by atoms with E-state index in [-0.39, 0.29) is 0 Å². The van der Waals surface area contributed by atoms with E-state index < -0.39 is 0 Å². The van der Waals surface area contributed by atoms with Gasteiger partial charge in [-0.2, -0.15) is 4.57 Å². The van der Waals surface area contributed by atoms with Gasteiger partial charge in [0, 0.05) is 35.2 Å². The molecule has 0 aliphatic heterocycles. The summed E-state index contributed by atoms with van der Waals surface area (Å²) < 4.78 is 4.43. The summed E-state index contributed by atoms with van der Waals surface area (Å²) in [6.45, 7) is 1.93. The van der Waals surface area contributed by atoms with Gasteiger partial charge in [-0.1, -0.05) is 17.3 Å². The van der Waals surface area contributed by atoms with Crippen molar-refractivity contribution in [2.45, 2.75) is 19.5 Å². The minimum absolute atomic E-state index is 0.891. The zero-order valence-corrected chi connectivity index (χ0v) is 12.3. The Labute approximate surface area is 129 Å². The predicted molar refractivity (Wildman–Crippen MR) is 84.8 cm³/mol. The number of para-hydroxylation sites is 1. The van der Waals surface area contributed by atoms with Gasteiger partial charge in [0.05, 0.1) is 12.6 Å². The molecule has 4 heteroatoms. The summed E-state index contributed by atoms with van der Waals surface area (Å²) in [5.41, 5.74) is 2.16. The summed E-state index contributed by atoms with van der Waals surface area (Å²) >= 11 is 0. The molecule has 0 amide bonds. The highest BCUT2D eigenvalue weighted by atomic mass is 16.4. The number of hydrogen-bond donors (Lipinski definition) is 1. The van der Waals surface area contributed by atoms with Crippen molar-refractivity contribution < 1.29 is 14.3 Å². The molecule has 22 heavy (non-hydrogen) atoms. The zero-order valence-electron chi connectivity index (χ0n) is 12.3. The first-order valence-electron chi connectivity index (χ1n) is 7.40. The lowest BCUT2D eigenvalue weighted by molar-refractivity contribution is -0.717. The second kappa shape index (κ2) is 6.80. The first-order chi connectivity index (χ1) is 10.9. The molecule has 2 aromatic heterocycles. The van der Waals surface area contributed by atoms with Crippen LogP contribution in [0.4, 0.5) is 0 Å².